The van der Waals surface area contributed by atoms with Crippen LogP contribution in [0.3, 0.4) is 0 Å². The second-order valence-corrected chi connectivity index (χ2v) is 6.86. The van der Waals surface area contributed by atoms with Crippen LogP contribution in [0.1, 0.15) is 64.7 Å². The molecule has 5 heteroatoms. The molecule has 0 aromatic heterocycles. The number of hydrogen-bond acceptors (Lipinski definition) is 4. The molecule has 2 unspecified atom stereocenters. The number of carbonyl (C=O) groups is 2. The van der Waals surface area contributed by atoms with Crippen molar-refractivity contribution in [3.63, 3.8) is 0 Å². The van der Waals surface area contributed by atoms with Gasteiger partial charge in [0.1, 0.15) is 5.78 Å². The van der Waals surface area contributed by atoms with Gasteiger partial charge in [0.25, 0.3) is 0 Å². The molecule has 0 radical (unpaired) electrons. The van der Waals surface area contributed by atoms with Gasteiger partial charge in [-0.15, -0.1) is 0 Å². The number of unbranched alkanes of at least 4 members (excludes halogenated alkanes) is 3. The second-order valence-electron chi connectivity index (χ2n) is 6.86. The molecule has 5 nitrogen and oxygen atoms in total. The molecule has 3 N–H and O–H groups in total. The fourth-order valence-corrected chi connectivity index (χ4v) is 3.22. The maximum absolute atomic E-state index is 12.1. The topological polar surface area (TPSA) is 94.8 Å². The van der Waals surface area contributed by atoms with E-state index in [9.17, 15) is 19.8 Å². The average molecular weight is 352 g/mol. The van der Waals surface area contributed by atoms with Crippen molar-refractivity contribution in [1.29, 1.82) is 0 Å². The van der Waals surface area contributed by atoms with Crippen LogP contribution >= 0.6 is 0 Å². The molecular weight excluding hydrogens is 320 g/mol. The first-order valence-electron chi connectivity index (χ1n) is 9.39. The Balaban J connectivity index is 2.48. The van der Waals surface area contributed by atoms with Gasteiger partial charge in [0.05, 0.1) is 12.2 Å². The zero-order chi connectivity index (χ0) is 18.7. The lowest BCUT2D eigenvalue weighted by Crippen LogP contribution is -2.18. The molecule has 4 atom stereocenters. The highest BCUT2D eigenvalue weighted by Gasteiger charge is 2.39. The number of allylic oxidation sites excluding steroid dienone is 2. The zero-order valence-electron chi connectivity index (χ0n) is 15.1. The molecule has 1 rings (SSSR count). The summed E-state index contributed by atoms with van der Waals surface area (Å²) in [5.74, 6) is -1.26. The summed E-state index contributed by atoms with van der Waals surface area (Å²) in [6.45, 7) is 2.11. The lowest BCUT2D eigenvalue weighted by Gasteiger charge is -2.16. The molecule has 1 aliphatic carbocycles. The van der Waals surface area contributed by atoms with Gasteiger partial charge < -0.3 is 15.3 Å². The van der Waals surface area contributed by atoms with Crippen LogP contribution in [0, 0.1) is 11.8 Å². The first-order chi connectivity index (χ1) is 12.0. The van der Waals surface area contributed by atoms with E-state index in [1.54, 1.807) is 12.2 Å². The third kappa shape index (κ3) is 8.45. The van der Waals surface area contributed by atoms with Gasteiger partial charge in [0.2, 0.25) is 0 Å². The average Bonchev–Trinajstić information content (AvgIpc) is 2.82. The number of carbonyl (C=O) groups excluding carboxylic acids is 1. The first kappa shape index (κ1) is 21.6. The molecule has 0 saturated heterocycles. The first-order valence-corrected chi connectivity index (χ1v) is 9.39. The van der Waals surface area contributed by atoms with Crippen LogP contribution in [0.2, 0.25) is 0 Å². The molecule has 0 amide bonds. The molecule has 0 spiro atoms. The number of carboxylic acids is 1. The number of hydrogen-bond donors (Lipinski definition) is 3. The summed E-state index contributed by atoms with van der Waals surface area (Å²) in [4.78, 5) is 22.5. The van der Waals surface area contributed by atoms with Crippen LogP contribution in [0.15, 0.2) is 24.3 Å². The lowest BCUT2D eigenvalue weighted by molar-refractivity contribution is -0.137. The van der Waals surface area contributed by atoms with Gasteiger partial charge in [-0.2, -0.15) is 0 Å². The quantitative estimate of drug-likeness (QED) is 0.370. The standard InChI is InChI=1S/C20H32O5/c1-2-3-6-9-15(21)12-13-17-16(18(22)14-19(17)23)10-7-4-5-8-11-20(24)25/h4,7,12-13,15-17,19,21,23H,2-3,5-6,8-11,14H2,1H3,(H,24,25)/t15?,16-,17-,19?/m1/s1. The Morgan fingerprint density at radius 2 is 2.04 bits per heavy atom. The molecule has 1 aliphatic rings. The molecule has 142 valence electrons. The van der Waals surface area contributed by atoms with Crippen molar-refractivity contribution in [3.8, 4) is 0 Å². The number of carboxylic acid groups (broad SMARTS) is 1. The van der Waals surface area contributed by atoms with Crippen LogP contribution < -0.4 is 0 Å². The third-order valence-corrected chi connectivity index (χ3v) is 4.71. The summed E-state index contributed by atoms with van der Waals surface area (Å²) in [7, 11) is 0. The third-order valence-electron chi connectivity index (χ3n) is 4.71. The Labute approximate surface area is 150 Å². The summed E-state index contributed by atoms with van der Waals surface area (Å²) < 4.78 is 0. The summed E-state index contributed by atoms with van der Waals surface area (Å²) in [5.41, 5.74) is 0. The maximum Gasteiger partial charge on any atom is 0.303 e. The SMILES string of the molecule is CCCCCC(O)C=C[C@H]1C(O)CC(=O)[C@@H]1CC=CCCCC(=O)O. The largest absolute Gasteiger partial charge is 0.481 e. The number of ketones is 1. The van der Waals surface area contributed by atoms with Crippen LogP contribution in [0.25, 0.3) is 0 Å². The number of aliphatic hydroxyl groups excluding tert-OH is 2. The van der Waals surface area contributed by atoms with Gasteiger partial charge in [0, 0.05) is 24.7 Å². The summed E-state index contributed by atoms with van der Waals surface area (Å²) in [6.07, 6.45) is 12.1. The smallest absolute Gasteiger partial charge is 0.303 e. The maximum atomic E-state index is 12.1. The molecule has 1 saturated carbocycles. The molecule has 0 aliphatic heterocycles. The summed E-state index contributed by atoms with van der Waals surface area (Å²) >= 11 is 0. The van der Waals surface area contributed by atoms with Gasteiger partial charge in [-0.25, -0.2) is 0 Å². The molecule has 0 bridgehead atoms. The van der Waals surface area contributed by atoms with Crippen molar-refractivity contribution in [1.82, 2.24) is 0 Å². The van der Waals surface area contributed by atoms with Crippen molar-refractivity contribution >= 4 is 11.8 Å². The fraction of sp³-hybridized carbons (Fsp3) is 0.700. The highest BCUT2D eigenvalue weighted by atomic mass is 16.4. The summed E-state index contributed by atoms with van der Waals surface area (Å²) in [6, 6.07) is 0. The van der Waals surface area contributed by atoms with Crippen molar-refractivity contribution in [2.75, 3.05) is 0 Å². The van der Waals surface area contributed by atoms with E-state index in [0.29, 0.717) is 25.7 Å². The Bertz CT molecular complexity index is 469. The minimum atomic E-state index is -0.801. The van der Waals surface area contributed by atoms with Crippen LogP contribution in [0.5, 0.6) is 0 Å². The minimum absolute atomic E-state index is 0.0535. The Kier molecular flexibility index (Phi) is 10.3. The van der Waals surface area contributed by atoms with E-state index in [2.05, 4.69) is 6.92 Å². The van der Waals surface area contributed by atoms with E-state index in [1.165, 1.54) is 0 Å². The van der Waals surface area contributed by atoms with Crippen LogP contribution in [-0.2, 0) is 9.59 Å². The Hall–Kier alpha value is -1.46. The number of Topliss-reactive ketones (excluding diaryl/α,β-unsaturated/α-hetero) is 1. The Morgan fingerprint density at radius 1 is 1.28 bits per heavy atom. The van der Waals surface area contributed by atoms with Crippen molar-refractivity contribution in [3.05, 3.63) is 24.3 Å². The van der Waals surface area contributed by atoms with E-state index in [-0.39, 0.29) is 30.5 Å². The van der Waals surface area contributed by atoms with E-state index in [1.807, 2.05) is 12.2 Å². The van der Waals surface area contributed by atoms with E-state index in [4.69, 9.17) is 5.11 Å². The molecular formula is C20H32O5. The van der Waals surface area contributed by atoms with Gasteiger partial charge in [-0.05, 0) is 25.7 Å². The number of aliphatic carboxylic acids is 1. The van der Waals surface area contributed by atoms with Crippen LogP contribution in [-0.4, -0.2) is 39.3 Å². The highest BCUT2D eigenvalue weighted by molar-refractivity contribution is 5.84. The summed E-state index contributed by atoms with van der Waals surface area (Å²) in [5, 5.41) is 28.7. The van der Waals surface area contributed by atoms with Gasteiger partial charge in [-0.3, -0.25) is 9.59 Å². The number of rotatable bonds is 12. The fourth-order valence-electron chi connectivity index (χ4n) is 3.22. The molecule has 0 heterocycles. The van der Waals surface area contributed by atoms with Gasteiger partial charge in [-0.1, -0.05) is 50.5 Å². The van der Waals surface area contributed by atoms with Crippen molar-refractivity contribution in [2.24, 2.45) is 11.8 Å². The molecule has 25 heavy (non-hydrogen) atoms. The second kappa shape index (κ2) is 12.0. The predicted octanol–water partition coefficient (Wildman–Crippen LogP) is 3.25. The number of aliphatic hydroxyl groups is 2. The monoisotopic (exact) mass is 352 g/mol. The van der Waals surface area contributed by atoms with Gasteiger partial charge in [0.15, 0.2) is 0 Å². The van der Waals surface area contributed by atoms with E-state index < -0.39 is 18.2 Å². The molecule has 0 aromatic carbocycles. The highest BCUT2D eigenvalue weighted by Crippen LogP contribution is 2.33. The normalized spacial score (nSPS) is 25.2. The molecule has 0 aromatic rings. The van der Waals surface area contributed by atoms with E-state index >= 15 is 0 Å². The zero-order valence-corrected chi connectivity index (χ0v) is 15.1. The van der Waals surface area contributed by atoms with Crippen molar-refractivity contribution < 1.29 is 24.9 Å². The van der Waals surface area contributed by atoms with Gasteiger partial charge >= 0.3 is 5.97 Å². The Morgan fingerprint density at radius 3 is 2.72 bits per heavy atom. The molecule has 1 fully saturated rings. The minimum Gasteiger partial charge on any atom is -0.481 e. The lowest BCUT2D eigenvalue weighted by atomic mass is 9.90. The van der Waals surface area contributed by atoms with Crippen molar-refractivity contribution in [2.45, 2.75) is 76.9 Å². The predicted molar refractivity (Wildman–Crippen MR) is 97.1 cm³/mol. The van der Waals surface area contributed by atoms with E-state index in [0.717, 1.165) is 19.3 Å². The van der Waals surface area contributed by atoms with Crippen LogP contribution in [0.4, 0.5) is 0 Å².